The van der Waals surface area contributed by atoms with Crippen molar-refractivity contribution in [1.29, 1.82) is 0 Å². The van der Waals surface area contributed by atoms with E-state index in [-0.39, 0.29) is 17.6 Å². The molecular weight excluding hydrogens is 367 g/mol. The second-order valence-corrected chi connectivity index (χ2v) is 7.75. The van der Waals surface area contributed by atoms with Crippen LogP contribution in [0.5, 0.6) is 0 Å². The van der Waals surface area contributed by atoms with E-state index in [2.05, 4.69) is 14.3 Å². The molecular formula is C19H23FN4O2S. The number of hydrogen-bond acceptors (Lipinski definition) is 6. The molecule has 0 spiro atoms. The Hall–Kier alpha value is -2.06. The van der Waals surface area contributed by atoms with Gasteiger partial charge in [-0.15, -0.1) is 0 Å². The number of nitrogens with zero attached hydrogens (tertiary/aromatic N) is 4. The Morgan fingerprint density at radius 3 is 2.78 bits per heavy atom. The van der Waals surface area contributed by atoms with Crippen molar-refractivity contribution in [2.45, 2.75) is 19.3 Å². The van der Waals surface area contributed by atoms with Crippen LogP contribution in [0, 0.1) is 11.7 Å². The van der Waals surface area contributed by atoms with Gasteiger partial charge in [-0.1, -0.05) is 12.1 Å². The molecule has 2 aliphatic heterocycles. The molecule has 1 aromatic carbocycles. The summed E-state index contributed by atoms with van der Waals surface area (Å²) in [5.74, 6) is 0.749. The minimum atomic E-state index is -0.241. The minimum Gasteiger partial charge on any atom is -0.378 e. The van der Waals surface area contributed by atoms with E-state index in [1.807, 2.05) is 4.90 Å². The van der Waals surface area contributed by atoms with Gasteiger partial charge in [-0.05, 0) is 30.5 Å². The van der Waals surface area contributed by atoms with Crippen LogP contribution >= 0.6 is 11.5 Å². The van der Waals surface area contributed by atoms with Gasteiger partial charge in [0.2, 0.25) is 11.0 Å². The maximum Gasteiger partial charge on any atom is 0.227 e. The second-order valence-electron chi connectivity index (χ2n) is 7.02. The zero-order valence-electron chi connectivity index (χ0n) is 15.1. The zero-order chi connectivity index (χ0) is 18.6. The van der Waals surface area contributed by atoms with Crippen molar-refractivity contribution in [3.8, 4) is 0 Å². The van der Waals surface area contributed by atoms with E-state index in [0.717, 1.165) is 35.9 Å². The predicted octanol–water partition coefficient (Wildman–Crippen LogP) is 2.34. The van der Waals surface area contributed by atoms with Crippen LogP contribution in [0.1, 0.15) is 24.2 Å². The van der Waals surface area contributed by atoms with Crippen LogP contribution in [-0.2, 0) is 16.0 Å². The van der Waals surface area contributed by atoms with Crippen molar-refractivity contribution in [1.82, 2.24) is 14.3 Å². The molecule has 27 heavy (non-hydrogen) atoms. The number of hydrogen-bond donors (Lipinski definition) is 0. The van der Waals surface area contributed by atoms with Crippen LogP contribution < -0.4 is 4.90 Å². The Balaban J connectivity index is 1.38. The second kappa shape index (κ2) is 8.31. The van der Waals surface area contributed by atoms with Gasteiger partial charge in [-0.3, -0.25) is 4.79 Å². The van der Waals surface area contributed by atoms with E-state index in [4.69, 9.17) is 4.74 Å². The molecule has 1 atom stereocenters. The van der Waals surface area contributed by atoms with E-state index in [9.17, 15) is 9.18 Å². The molecule has 0 radical (unpaired) electrons. The number of halogens is 1. The van der Waals surface area contributed by atoms with Crippen LogP contribution in [0.15, 0.2) is 24.3 Å². The van der Waals surface area contributed by atoms with E-state index >= 15 is 0 Å². The molecule has 2 fully saturated rings. The van der Waals surface area contributed by atoms with Gasteiger partial charge in [0.1, 0.15) is 11.6 Å². The number of benzene rings is 1. The molecule has 8 heteroatoms. The Labute approximate surface area is 162 Å². The first kappa shape index (κ1) is 18.3. The first-order valence-electron chi connectivity index (χ1n) is 9.37. The lowest BCUT2D eigenvalue weighted by Gasteiger charge is -2.35. The van der Waals surface area contributed by atoms with Crippen LogP contribution in [0.4, 0.5) is 9.52 Å². The Morgan fingerprint density at radius 2 is 2.00 bits per heavy atom. The third kappa shape index (κ3) is 4.44. The lowest BCUT2D eigenvalue weighted by molar-refractivity contribution is -0.139. The van der Waals surface area contributed by atoms with Gasteiger partial charge in [0.25, 0.3) is 0 Å². The fourth-order valence-corrected chi connectivity index (χ4v) is 4.34. The summed E-state index contributed by atoms with van der Waals surface area (Å²) in [5.41, 5.74) is 0.986. The van der Waals surface area contributed by atoms with Crippen LogP contribution in [0.2, 0.25) is 0 Å². The summed E-state index contributed by atoms with van der Waals surface area (Å²) in [5, 5.41) is 0.867. The molecule has 4 rings (SSSR count). The van der Waals surface area contributed by atoms with E-state index in [1.54, 1.807) is 12.1 Å². The first-order valence-corrected chi connectivity index (χ1v) is 10.1. The standard InChI is InChI=1S/C19H23FN4O2S/c20-16-5-3-14(4-6-16)12-17-21-19(27-22-17)24-7-1-2-15(13-24)18(25)23-8-10-26-11-9-23/h3-6,15H,1-2,7-13H2. The zero-order valence-corrected chi connectivity index (χ0v) is 16.0. The van der Waals surface area contributed by atoms with Crippen LogP contribution in [-0.4, -0.2) is 59.6 Å². The lowest BCUT2D eigenvalue weighted by atomic mass is 9.96. The number of anilines is 1. The SMILES string of the molecule is O=C(C1CCCN(c2nc(Cc3ccc(F)cc3)ns2)C1)N1CCOCC1. The summed E-state index contributed by atoms with van der Waals surface area (Å²) in [6.07, 6.45) is 2.49. The number of carbonyl (C=O) groups is 1. The molecule has 2 saturated heterocycles. The normalized spacial score (nSPS) is 20.7. The van der Waals surface area contributed by atoms with Crippen molar-refractivity contribution in [3.63, 3.8) is 0 Å². The number of piperidine rings is 1. The van der Waals surface area contributed by atoms with Crippen molar-refractivity contribution in [3.05, 3.63) is 41.5 Å². The lowest BCUT2D eigenvalue weighted by Crippen LogP contribution is -2.48. The number of aromatic nitrogens is 2. The molecule has 3 heterocycles. The van der Waals surface area contributed by atoms with Gasteiger partial charge in [0.15, 0.2) is 0 Å². The third-order valence-electron chi connectivity index (χ3n) is 5.10. The average Bonchev–Trinajstić information content (AvgIpc) is 3.18. The maximum absolute atomic E-state index is 13.0. The predicted molar refractivity (Wildman–Crippen MR) is 101 cm³/mol. The first-order chi connectivity index (χ1) is 13.2. The maximum atomic E-state index is 13.0. The summed E-state index contributed by atoms with van der Waals surface area (Å²) in [6.45, 7) is 4.24. The molecule has 6 nitrogen and oxygen atoms in total. The van der Waals surface area contributed by atoms with E-state index in [1.165, 1.54) is 23.7 Å². The summed E-state index contributed by atoms with van der Waals surface area (Å²) >= 11 is 1.37. The van der Waals surface area contributed by atoms with Crippen LogP contribution in [0.25, 0.3) is 0 Å². The molecule has 0 N–H and O–H groups in total. The number of rotatable bonds is 4. The molecule has 2 aliphatic rings. The number of carbonyl (C=O) groups excluding carboxylic acids is 1. The average molecular weight is 390 g/mol. The third-order valence-corrected chi connectivity index (χ3v) is 5.91. The van der Waals surface area contributed by atoms with Gasteiger partial charge < -0.3 is 14.5 Å². The molecule has 1 unspecified atom stereocenters. The number of morpholine rings is 1. The summed E-state index contributed by atoms with van der Waals surface area (Å²) < 4.78 is 22.8. The number of amides is 1. The van der Waals surface area contributed by atoms with Crippen molar-refractivity contribution >= 4 is 22.6 Å². The van der Waals surface area contributed by atoms with E-state index in [0.29, 0.717) is 39.3 Å². The summed E-state index contributed by atoms with van der Waals surface area (Å²) in [6, 6.07) is 6.42. The smallest absolute Gasteiger partial charge is 0.227 e. The van der Waals surface area contributed by atoms with Gasteiger partial charge in [0, 0.05) is 44.1 Å². The van der Waals surface area contributed by atoms with Crippen LogP contribution in [0.3, 0.4) is 0 Å². The highest BCUT2D eigenvalue weighted by molar-refractivity contribution is 7.09. The summed E-state index contributed by atoms with van der Waals surface area (Å²) in [4.78, 5) is 21.5. The minimum absolute atomic E-state index is 0.0151. The molecule has 1 aromatic heterocycles. The topological polar surface area (TPSA) is 58.6 Å². The monoisotopic (exact) mass is 390 g/mol. The molecule has 2 aromatic rings. The Morgan fingerprint density at radius 1 is 1.22 bits per heavy atom. The van der Waals surface area contributed by atoms with Crippen molar-refractivity contribution < 1.29 is 13.9 Å². The molecule has 1 amide bonds. The highest BCUT2D eigenvalue weighted by Crippen LogP contribution is 2.26. The Kier molecular flexibility index (Phi) is 5.63. The van der Waals surface area contributed by atoms with E-state index < -0.39 is 0 Å². The molecule has 0 bridgehead atoms. The number of ether oxygens (including phenoxy) is 1. The van der Waals surface area contributed by atoms with Gasteiger partial charge in [-0.2, -0.15) is 4.37 Å². The van der Waals surface area contributed by atoms with Gasteiger partial charge >= 0.3 is 0 Å². The fourth-order valence-electron chi connectivity index (χ4n) is 3.62. The molecule has 144 valence electrons. The van der Waals surface area contributed by atoms with Crippen molar-refractivity contribution in [2.24, 2.45) is 5.92 Å². The molecule has 0 aliphatic carbocycles. The fraction of sp³-hybridized carbons (Fsp3) is 0.526. The largest absolute Gasteiger partial charge is 0.378 e. The highest BCUT2D eigenvalue weighted by Gasteiger charge is 2.31. The molecule has 0 saturated carbocycles. The van der Waals surface area contributed by atoms with Gasteiger partial charge in [-0.25, -0.2) is 9.37 Å². The summed E-state index contributed by atoms with van der Waals surface area (Å²) in [7, 11) is 0. The Bertz CT molecular complexity index is 776. The quantitative estimate of drug-likeness (QED) is 0.802. The van der Waals surface area contributed by atoms with Gasteiger partial charge in [0.05, 0.1) is 19.1 Å². The van der Waals surface area contributed by atoms with Crippen molar-refractivity contribution in [2.75, 3.05) is 44.3 Å². The highest BCUT2D eigenvalue weighted by atomic mass is 32.1.